The summed E-state index contributed by atoms with van der Waals surface area (Å²) < 4.78 is 0. The van der Waals surface area contributed by atoms with E-state index in [0.29, 0.717) is 0 Å². The standard InChI is InChI=1S/C17H32/c1-16-13-11-9-7-5-3-4-6-8-10-12-14-17(2)15-16/h15-16H,3-14H2,1-2H3. The monoisotopic (exact) mass is 236 g/mol. The highest BCUT2D eigenvalue weighted by molar-refractivity contribution is 5.00. The molecule has 1 atom stereocenters. The molecule has 1 aliphatic rings. The zero-order chi connectivity index (χ0) is 12.3. The summed E-state index contributed by atoms with van der Waals surface area (Å²) in [4.78, 5) is 0. The van der Waals surface area contributed by atoms with E-state index in [1.165, 1.54) is 77.0 Å². The van der Waals surface area contributed by atoms with Crippen molar-refractivity contribution in [2.75, 3.05) is 0 Å². The molecule has 1 rings (SSSR count). The van der Waals surface area contributed by atoms with Crippen molar-refractivity contribution in [1.82, 2.24) is 0 Å². The Bertz CT molecular complexity index is 202. The summed E-state index contributed by atoms with van der Waals surface area (Å²) in [7, 11) is 0. The first-order valence-corrected chi connectivity index (χ1v) is 7.96. The van der Waals surface area contributed by atoms with Gasteiger partial charge in [-0.15, -0.1) is 0 Å². The molecule has 0 heteroatoms. The Kier molecular flexibility index (Phi) is 8.48. The predicted octanol–water partition coefficient (Wildman–Crippen LogP) is 6.26. The fourth-order valence-corrected chi connectivity index (χ4v) is 2.94. The molecule has 100 valence electrons. The van der Waals surface area contributed by atoms with Gasteiger partial charge < -0.3 is 0 Å². The Morgan fingerprint density at radius 1 is 0.765 bits per heavy atom. The van der Waals surface area contributed by atoms with E-state index in [0.717, 1.165) is 5.92 Å². The molecule has 0 aromatic rings. The van der Waals surface area contributed by atoms with Crippen LogP contribution in [0.4, 0.5) is 0 Å². The van der Waals surface area contributed by atoms with Crippen molar-refractivity contribution < 1.29 is 0 Å². The molecule has 0 amide bonds. The summed E-state index contributed by atoms with van der Waals surface area (Å²) >= 11 is 0. The minimum absolute atomic E-state index is 0.806. The van der Waals surface area contributed by atoms with Crippen LogP contribution in [0.2, 0.25) is 0 Å². The second-order valence-corrected chi connectivity index (χ2v) is 6.06. The lowest BCUT2D eigenvalue weighted by Gasteiger charge is -2.08. The van der Waals surface area contributed by atoms with Crippen LogP contribution in [0.15, 0.2) is 11.6 Å². The van der Waals surface area contributed by atoms with Crippen molar-refractivity contribution in [3.63, 3.8) is 0 Å². The normalized spacial score (nSPS) is 26.7. The lowest BCUT2D eigenvalue weighted by atomic mass is 9.98. The molecule has 0 saturated carbocycles. The van der Waals surface area contributed by atoms with Crippen LogP contribution in [0.25, 0.3) is 0 Å². The van der Waals surface area contributed by atoms with Crippen LogP contribution in [-0.4, -0.2) is 0 Å². The molecule has 0 N–H and O–H groups in total. The van der Waals surface area contributed by atoms with Crippen molar-refractivity contribution in [3.05, 3.63) is 11.6 Å². The minimum Gasteiger partial charge on any atom is -0.0828 e. The lowest BCUT2D eigenvalue weighted by molar-refractivity contribution is 0.528. The summed E-state index contributed by atoms with van der Waals surface area (Å²) in [5.74, 6) is 0.806. The first-order chi connectivity index (χ1) is 8.29. The Hall–Kier alpha value is -0.260. The molecule has 0 aliphatic heterocycles. The SMILES string of the molecule is CC1=CC(C)CCCCCCCCCCCC1. The van der Waals surface area contributed by atoms with Gasteiger partial charge in [0.05, 0.1) is 0 Å². The van der Waals surface area contributed by atoms with Gasteiger partial charge in [0.25, 0.3) is 0 Å². The van der Waals surface area contributed by atoms with Crippen molar-refractivity contribution in [1.29, 1.82) is 0 Å². The van der Waals surface area contributed by atoms with Crippen LogP contribution in [-0.2, 0) is 0 Å². The van der Waals surface area contributed by atoms with Gasteiger partial charge in [0.15, 0.2) is 0 Å². The van der Waals surface area contributed by atoms with Crippen molar-refractivity contribution >= 4 is 0 Å². The van der Waals surface area contributed by atoms with E-state index in [2.05, 4.69) is 19.9 Å². The molecule has 0 heterocycles. The first-order valence-electron chi connectivity index (χ1n) is 7.96. The third-order valence-corrected chi connectivity index (χ3v) is 4.05. The number of hydrogen-bond donors (Lipinski definition) is 0. The molecule has 0 aromatic heterocycles. The Morgan fingerprint density at radius 2 is 1.24 bits per heavy atom. The zero-order valence-electron chi connectivity index (χ0n) is 12.1. The van der Waals surface area contributed by atoms with Crippen LogP contribution in [0.1, 0.15) is 90.9 Å². The van der Waals surface area contributed by atoms with Gasteiger partial charge in [0.1, 0.15) is 0 Å². The van der Waals surface area contributed by atoms with E-state index >= 15 is 0 Å². The largest absolute Gasteiger partial charge is 0.0828 e. The summed E-state index contributed by atoms with van der Waals surface area (Å²) in [5.41, 5.74) is 1.63. The third kappa shape index (κ3) is 8.46. The van der Waals surface area contributed by atoms with Crippen LogP contribution < -0.4 is 0 Å². The van der Waals surface area contributed by atoms with E-state index in [-0.39, 0.29) is 0 Å². The molecule has 0 radical (unpaired) electrons. The third-order valence-electron chi connectivity index (χ3n) is 4.05. The quantitative estimate of drug-likeness (QED) is 0.435. The van der Waals surface area contributed by atoms with Gasteiger partial charge >= 0.3 is 0 Å². The molecule has 1 aliphatic carbocycles. The predicted molar refractivity (Wildman–Crippen MR) is 78.3 cm³/mol. The summed E-state index contributed by atoms with van der Waals surface area (Å²) in [6.07, 6.45) is 19.8. The van der Waals surface area contributed by atoms with Crippen molar-refractivity contribution in [2.24, 2.45) is 5.92 Å². The van der Waals surface area contributed by atoms with Gasteiger partial charge in [-0.1, -0.05) is 76.4 Å². The molecular formula is C17H32. The van der Waals surface area contributed by atoms with Crippen molar-refractivity contribution in [3.8, 4) is 0 Å². The van der Waals surface area contributed by atoms with E-state index < -0.39 is 0 Å². The van der Waals surface area contributed by atoms with Crippen LogP contribution >= 0.6 is 0 Å². The second kappa shape index (κ2) is 9.74. The van der Waals surface area contributed by atoms with E-state index in [9.17, 15) is 0 Å². The van der Waals surface area contributed by atoms with E-state index in [1.807, 2.05) is 0 Å². The molecule has 0 bridgehead atoms. The van der Waals surface area contributed by atoms with Gasteiger partial charge in [-0.05, 0) is 32.1 Å². The summed E-state index contributed by atoms with van der Waals surface area (Å²) in [6.45, 7) is 4.72. The van der Waals surface area contributed by atoms with Crippen LogP contribution in [0.3, 0.4) is 0 Å². The van der Waals surface area contributed by atoms with Crippen molar-refractivity contribution in [2.45, 2.75) is 90.9 Å². The number of rotatable bonds is 0. The minimum atomic E-state index is 0.806. The topological polar surface area (TPSA) is 0 Å². The van der Waals surface area contributed by atoms with Crippen LogP contribution in [0, 0.1) is 5.92 Å². The highest BCUT2D eigenvalue weighted by Gasteiger charge is 2.01. The summed E-state index contributed by atoms with van der Waals surface area (Å²) in [6, 6.07) is 0. The second-order valence-electron chi connectivity index (χ2n) is 6.06. The van der Waals surface area contributed by atoms with Gasteiger partial charge in [-0.3, -0.25) is 0 Å². The fourth-order valence-electron chi connectivity index (χ4n) is 2.94. The fraction of sp³-hybridized carbons (Fsp3) is 0.882. The molecule has 0 saturated heterocycles. The van der Waals surface area contributed by atoms with Gasteiger partial charge in [-0.25, -0.2) is 0 Å². The molecule has 17 heavy (non-hydrogen) atoms. The van der Waals surface area contributed by atoms with Gasteiger partial charge in [-0.2, -0.15) is 0 Å². The molecular weight excluding hydrogens is 204 g/mol. The zero-order valence-corrected chi connectivity index (χ0v) is 12.1. The maximum absolute atomic E-state index is 2.53. The highest BCUT2D eigenvalue weighted by Crippen LogP contribution is 2.19. The first kappa shape index (κ1) is 14.8. The smallest absolute Gasteiger partial charge is 0.0259 e. The van der Waals surface area contributed by atoms with E-state index in [1.54, 1.807) is 5.57 Å². The van der Waals surface area contributed by atoms with Gasteiger partial charge in [0, 0.05) is 0 Å². The highest BCUT2D eigenvalue weighted by atomic mass is 14.1. The average Bonchev–Trinajstić information content (AvgIpc) is 2.30. The lowest BCUT2D eigenvalue weighted by Crippen LogP contribution is -1.92. The van der Waals surface area contributed by atoms with Crippen LogP contribution in [0.5, 0.6) is 0 Å². The van der Waals surface area contributed by atoms with E-state index in [4.69, 9.17) is 0 Å². The maximum Gasteiger partial charge on any atom is -0.0259 e. The average molecular weight is 236 g/mol. The maximum atomic E-state index is 2.53. The molecule has 0 fully saturated rings. The Labute approximate surface area is 109 Å². The Balaban J connectivity index is 2.30. The molecule has 0 spiro atoms. The molecule has 0 aromatic carbocycles. The summed E-state index contributed by atoms with van der Waals surface area (Å²) in [5, 5.41) is 0. The number of hydrogen-bond acceptors (Lipinski definition) is 0. The Morgan fingerprint density at radius 3 is 1.82 bits per heavy atom. The number of allylic oxidation sites excluding steroid dienone is 2. The molecule has 0 nitrogen and oxygen atoms in total. The van der Waals surface area contributed by atoms with Gasteiger partial charge in [0.2, 0.25) is 0 Å². The molecule has 1 unspecified atom stereocenters.